The minimum absolute atomic E-state index is 0.137. The van der Waals surface area contributed by atoms with Crippen molar-refractivity contribution in [1.29, 1.82) is 0 Å². The fourth-order valence-corrected chi connectivity index (χ4v) is 4.01. The summed E-state index contributed by atoms with van der Waals surface area (Å²) < 4.78 is 11.2. The fourth-order valence-electron chi connectivity index (χ4n) is 2.47. The summed E-state index contributed by atoms with van der Waals surface area (Å²) >= 11 is 0. The molecule has 0 aromatic heterocycles. The van der Waals surface area contributed by atoms with Crippen molar-refractivity contribution in [3.63, 3.8) is 0 Å². The number of hydrogen-bond acceptors (Lipinski definition) is 3. The minimum atomic E-state index is -0.250. The summed E-state index contributed by atoms with van der Waals surface area (Å²) in [5.41, 5.74) is 0. The second-order valence-corrected chi connectivity index (χ2v) is 6.72. The fraction of sp³-hybridized carbons (Fsp3) is 1.00. The van der Waals surface area contributed by atoms with E-state index in [4.69, 9.17) is 9.47 Å². The molecule has 17 heavy (non-hydrogen) atoms. The van der Waals surface area contributed by atoms with Gasteiger partial charge in [0.1, 0.15) is 5.91 Å². The highest BCUT2D eigenvalue weighted by atomic mass is 28.2. The van der Waals surface area contributed by atoms with Crippen molar-refractivity contribution in [1.82, 2.24) is 5.32 Å². The van der Waals surface area contributed by atoms with Gasteiger partial charge >= 0.3 is 0 Å². The van der Waals surface area contributed by atoms with Gasteiger partial charge in [0.15, 0.2) is 0 Å². The molecular weight excluding hydrogens is 230 g/mol. The average molecular weight is 259 g/mol. The van der Waals surface area contributed by atoms with Crippen LogP contribution in [0.15, 0.2) is 0 Å². The summed E-state index contributed by atoms with van der Waals surface area (Å²) in [6.45, 7) is 6.79. The Morgan fingerprint density at radius 2 is 1.76 bits per heavy atom. The molecule has 0 radical (unpaired) electrons. The Labute approximate surface area is 108 Å². The monoisotopic (exact) mass is 259 g/mol. The van der Waals surface area contributed by atoms with Gasteiger partial charge in [-0.25, -0.2) is 0 Å². The first-order valence-corrected chi connectivity index (χ1v) is 9.15. The van der Waals surface area contributed by atoms with Gasteiger partial charge in [-0.15, -0.1) is 0 Å². The van der Waals surface area contributed by atoms with E-state index in [-0.39, 0.29) is 15.4 Å². The molecule has 0 saturated heterocycles. The topological polar surface area (TPSA) is 30.5 Å². The summed E-state index contributed by atoms with van der Waals surface area (Å²) in [6.07, 6.45) is 7.01. The average Bonchev–Trinajstić information content (AvgIpc) is 2.36. The molecule has 0 bridgehead atoms. The standard InChI is InChI=1S/C13H29NO2Si/c1-3-15-13(16-4-2)17-11-10-14-12-8-6-5-7-9-12/h12-14H,3-11,17H2,1-2H3. The molecule has 0 aromatic carbocycles. The molecule has 1 rings (SSSR count). The second-order valence-electron chi connectivity index (χ2n) is 4.77. The molecule has 1 fully saturated rings. The van der Waals surface area contributed by atoms with E-state index in [9.17, 15) is 0 Å². The molecular formula is C13H29NO2Si. The summed E-state index contributed by atoms with van der Waals surface area (Å²) in [6, 6.07) is 2.07. The SMILES string of the molecule is CCOC(OCC)[SiH2]CCNC1CCCCC1. The van der Waals surface area contributed by atoms with Crippen molar-refractivity contribution < 1.29 is 9.47 Å². The zero-order valence-corrected chi connectivity index (χ0v) is 13.0. The third-order valence-corrected chi connectivity index (χ3v) is 5.06. The Hall–Kier alpha value is 0.0969. The third kappa shape index (κ3) is 7.19. The first-order valence-electron chi connectivity index (χ1n) is 7.33. The van der Waals surface area contributed by atoms with Crippen LogP contribution in [-0.2, 0) is 9.47 Å². The lowest BCUT2D eigenvalue weighted by molar-refractivity contribution is -0.0827. The molecule has 102 valence electrons. The molecule has 0 unspecified atom stereocenters. The zero-order valence-electron chi connectivity index (χ0n) is 11.5. The van der Waals surface area contributed by atoms with Crippen LogP contribution in [0.5, 0.6) is 0 Å². The van der Waals surface area contributed by atoms with Gasteiger partial charge in [-0.1, -0.05) is 19.3 Å². The van der Waals surface area contributed by atoms with Crippen molar-refractivity contribution in [2.24, 2.45) is 0 Å². The predicted molar refractivity (Wildman–Crippen MR) is 75.3 cm³/mol. The van der Waals surface area contributed by atoms with E-state index < -0.39 is 0 Å². The van der Waals surface area contributed by atoms with Gasteiger partial charge in [0.25, 0.3) is 0 Å². The Morgan fingerprint density at radius 1 is 1.12 bits per heavy atom. The van der Waals surface area contributed by atoms with Crippen LogP contribution in [-0.4, -0.2) is 41.2 Å². The number of ether oxygens (including phenoxy) is 2. The first kappa shape index (κ1) is 15.2. The lowest BCUT2D eigenvalue weighted by atomic mass is 9.96. The van der Waals surface area contributed by atoms with Gasteiger partial charge in [-0.3, -0.25) is 0 Å². The molecule has 0 heterocycles. The number of hydrogen-bond donors (Lipinski definition) is 1. The third-order valence-electron chi connectivity index (χ3n) is 3.36. The van der Waals surface area contributed by atoms with Crippen molar-refractivity contribution >= 4 is 9.52 Å². The minimum Gasteiger partial charge on any atom is -0.357 e. The molecule has 0 aliphatic heterocycles. The molecule has 0 aromatic rings. The first-order chi connectivity index (χ1) is 8.36. The van der Waals surface area contributed by atoms with Gasteiger partial charge in [-0.05, 0) is 39.3 Å². The van der Waals surface area contributed by atoms with Gasteiger partial charge in [-0.2, -0.15) is 0 Å². The highest BCUT2D eigenvalue weighted by molar-refractivity contribution is 6.36. The highest BCUT2D eigenvalue weighted by Gasteiger charge is 2.13. The lowest BCUT2D eigenvalue weighted by Crippen LogP contribution is -2.34. The summed E-state index contributed by atoms with van der Waals surface area (Å²) in [5, 5.41) is 3.68. The zero-order chi connectivity index (χ0) is 12.3. The summed E-state index contributed by atoms with van der Waals surface area (Å²) in [7, 11) is -0.250. The van der Waals surface area contributed by atoms with E-state index in [1.165, 1.54) is 38.1 Å². The van der Waals surface area contributed by atoms with Crippen molar-refractivity contribution in [3.8, 4) is 0 Å². The molecule has 3 nitrogen and oxygen atoms in total. The number of rotatable bonds is 9. The van der Waals surface area contributed by atoms with Crippen LogP contribution in [0.2, 0.25) is 6.04 Å². The predicted octanol–water partition coefficient (Wildman–Crippen LogP) is 1.85. The van der Waals surface area contributed by atoms with Crippen molar-refractivity contribution in [2.45, 2.75) is 64.0 Å². The van der Waals surface area contributed by atoms with E-state index >= 15 is 0 Å². The Kier molecular flexibility index (Phi) is 8.97. The number of nitrogens with one attached hydrogen (secondary N) is 1. The molecule has 4 heteroatoms. The summed E-state index contributed by atoms with van der Waals surface area (Å²) in [5.74, 6) is 0.137. The van der Waals surface area contributed by atoms with Crippen LogP contribution in [0.25, 0.3) is 0 Å². The lowest BCUT2D eigenvalue weighted by Gasteiger charge is -2.23. The Balaban J connectivity index is 2.00. The normalized spacial score (nSPS) is 18.5. The van der Waals surface area contributed by atoms with Crippen molar-refractivity contribution in [2.75, 3.05) is 19.8 Å². The largest absolute Gasteiger partial charge is 0.357 e. The molecule has 1 aliphatic rings. The maximum absolute atomic E-state index is 5.59. The van der Waals surface area contributed by atoms with Crippen LogP contribution >= 0.6 is 0 Å². The second kappa shape index (κ2) is 10.1. The maximum Gasteiger partial charge on any atom is 0.134 e. The quantitative estimate of drug-likeness (QED) is 0.389. The van der Waals surface area contributed by atoms with E-state index in [2.05, 4.69) is 5.32 Å². The van der Waals surface area contributed by atoms with E-state index in [1.54, 1.807) is 0 Å². The Bertz CT molecular complexity index is 169. The molecule has 0 atom stereocenters. The molecule has 1 N–H and O–H groups in total. The van der Waals surface area contributed by atoms with E-state index in [1.807, 2.05) is 13.8 Å². The van der Waals surface area contributed by atoms with E-state index in [0.29, 0.717) is 0 Å². The van der Waals surface area contributed by atoms with Crippen LogP contribution in [0.4, 0.5) is 0 Å². The Morgan fingerprint density at radius 3 is 2.35 bits per heavy atom. The van der Waals surface area contributed by atoms with Gasteiger partial charge in [0.05, 0.1) is 9.52 Å². The molecule has 1 saturated carbocycles. The van der Waals surface area contributed by atoms with E-state index in [0.717, 1.165) is 25.8 Å². The maximum atomic E-state index is 5.59. The smallest absolute Gasteiger partial charge is 0.134 e. The summed E-state index contributed by atoms with van der Waals surface area (Å²) in [4.78, 5) is 0. The van der Waals surface area contributed by atoms with Crippen LogP contribution < -0.4 is 5.32 Å². The van der Waals surface area contributed by atoms with Gasteiger partial charge in [0, 0.05) is 19.3 Å². The van der Waals surface area contributed by atoms with Gasteiger partial charge in [0.2, 0.25) is 0 Å². The van der Waals surface area contributed by atoms with Crippen LogP contribution in [0.3, 0.4) is 0 Å². The van der Waals surface area contributed by atoms with Gasteiger partial charge < -0.3 is 14.8 Å². The van der Waals surface area contributed by atoms with Crippen LogP contribution in [0, 0.1) is 0 Å². The highest BCUT2D eigenvalue weighted by Crippen LogP contribution is 2.17. The van der Waals surface area contributed by atoms with Crippen molar-refractivity contribution in [3.05, 3.63) is 0 Å². The molecule has 0 amide bonds. The van der Waals surface area contributed by atoms with Crippen LogP contribution in [0.1, 0.15) is 46.0 Å². The molecule has 0 spiro atoms. The molecule has 1 aliphatic carbocycles.